The van der Waals surface area contributed by atoms with Gasteiger partial charge in [0.1, 0.15) is 0 Å². The highest BCUT2D eigenvalue weighted by atomic mass is 16.2. The van der Waals surface area contributed by atoms with Crippen LogP contribution in [0.15, 0.2) is 48.7 Å². The van der Waals surface area contributed by atoms with Crippen molar-refractivity contribution in [2.75, 3.05) is 6.54 Å². The fourth-order valence-electron chi connectivity index (χ4n) is 2.21. The van der Waals surface area contributed by atoms with E-state index in [2.05, 4.69) is 6.08 Å². The monoisotopic (exact) mass is 197 g/mol. The molecule has 0 fully saturated rings. The van der Waals surface area contributed by atoms with Gasteiger partial charge in [-0.3, -0.25) is 4.79 Å². The minimum absolute atomic E-state index is 0.113. The third-order valence-electron chi connectivity index (χ3n) is 2.97. The van der Waals surface area contributed by atoms with Crippen molar-refractivity contribution in [2.45, 2.75) is 5.92 Å². The summed E-state index contributed by atoms with van der Waals surface area (Å²) in [6, 6.07) is 7.87. The lowest BCUT2D eigenvalue weighted by Crippen LogP contribution is -2.35. The smallest absolute Gasteiger partial charge is 0.258 e. The zero-order valence-electron chi connectivity index (χ0n) is 8.26. The van der Waals surface area contributed by atoms with Gasteiger partial charge in [-0.1, -0.05) is 30.4 Å². The van der Waals surface area contributed by atoms with E-state index in [9.17, 15) is 4.79 Å². The molecular weight excluding hydrogens is 186 g/mol. The maximum atomic E-state index is 12.0. The minimum atomic E-state index is 0.113. The Morgan fingerprint density at radius 3 is 3.00 bits per heavy atom. The number of carbonyl (C=O) groups excluding carboxylic acids is 1. The van der Waals surface area contributed by atoms with Gasteiger partial charge >= 0.3 is 0 Å². The molecule has 2 heterocycles. The number of benzene rings is 1. The highest BCUT2D eigenvalue weighted by molar-refractivity contribution is 5.98. The van der Waals surface area contributed by atoms with Crippen LogP contribution in [0.1, 0.15) is 21.8 Å². The van der Waals surface area contributed by atoms with Crippen LogP contribution in [0.25, 0.3) is 0 Å². The molecule has 0 aromatic heterocycles. The summed E-state index contributed by atoms with van der Waals surface area (Å²) < 4.78 is 0. The lowest BCUT2D eigenvalue weighted by Gasteiger charge is -2.29. The summed E-state index contributed by atoms with van der Waals surface area (Å²) in [5.74, 6) is 0.454. The Hall–Kier alpha value is -1.83. The van der Waals surface area contributed by atoms with E-state index in [1.54, 1.807) is 4.90 Å². The molecule has 74 valence electrons. The van der Waals surface area contributed by atoms with Crippen molar-refractivity contribution in [1.29, 1.82) is 0 Å². The first-order valence-corrected chi connectivity index (χ1v) is 5.11. The average molecular weight is 197 g/mol. The number of nitrogens with zero attached hydrogens (tertiary/aromatic N) is 1. The molecule has 2 nitrogen and oxygen atoms in total. The highest BCUT2D eigenvalue weighted by Crippen LogP contribution is 2.30. The Morgan fingerprint density at radius 1 is 1.20 bits per heavy atom. The van der Waals surface area contributed by atoms with Crippen molar-refractivity contribution >= 4 is 5.91 Å². The fraction of sp³-hybridized carbons (Fsp3) is 0.154. The molecule has 0 spiro atoms. The molecule has 0 saturated heterocycles. The van der Waals surface area contributed by atoms with E-state index in [-0.39, 0.29) is 5.91 Å². The second-order valence-electron chi connectivity index (χ2n) is 3.88. The molecule has 2 aliphatic rings. The number of rotatable bonds is 0. The van der Waals surface area contributed by atoms with Crippen molar-refractivity contribution in [3.8, 4) is 0 Å². The number of hydrogen-bond donors (Lipinski definition) is 0. The summed E-state index contributed by atoms with van der Waals surface area (Å²) in [4.78, 5) is 13.8. The van der Waals surface area contributed by atoms with Gasteiger partial charge in [0.15, 0.2) is 0 Å². The van der Waals surface area contributed by atoms with Gasteiger partial charge in [-0.2, -0.15) is 0 Å². The quantitative estimate of drug-likeness (QED) is 0.625. The van der Waals surface area contributed by atoms with Gasteiger partial charge < -0.3 is 4.90 Å². The number of amides is 1. The average Bonchev–Trinajstić information content (AvgIpc) is 2.50. The summed E-state index contributed by atoms with van der Waals surface area (Å²) in [7, 11) is 0. The van der Waals surface area contributed by atoms with E-state index in [1.807, 2.05) is 42.6 Å². The second kappa shape index (κ2) is 3.09. The summed E-state index contributed by atoms with van der Waals surface area (Å²) in [6.45, 7) is 0.767. The Labute approximate surface area is 88.5 Å². The first-order valence-electron chi connectivity index (χ1n) is 5.11. The summed E-state index contributed by atoms with van der Waals surface area (Å²) in [5.41, 5.74) is 1.99. The zero-order valence-corrected chi connectivity index (χ0v) is 8.26. The third-order valence-corrected chi connectivity index (χ3v) is 2.97. The molecule has 1 amide bonds. The molecule has 1 aromatic carbocycles. The number of hydrogen-bond acceptors (Lipinski definition) is 1. The maximum absolute atomic E-state index is 12.0. The van der Waals surface area contributed by atoms with Crippen LogP contribution in [-0.4, -0.2) is 17.4 Å². The normalized spacial score (nSPS) is 22.5. The van der Waals surface area contributed by atoms with E-state index in [4.69, 9.17) is 0 Å². The number of allylic oxidation sites excluding steroid dienone is 2. The molecular formula is C13H11NO. The van der Waals surface area contributed by atoms with E-state index < -0.39 is 0 Å². The van der Waals surface area contributed by atoms with Gasteiger partial charge in [0.2, 0.25) is 0 Å². The van der Waals surface area contributed by atoms with E-state index in [0.717, 1.165) is 17.7 Å². The Kier molecular flexibility index (Phi) is 1.75. The van der Waals surface area contributed by atoms with Crippen molar-refractivity contribution in [2.24, 2.45) is 0 Å². The van der Waals surface area contributed by atoms with Crippen LogP contribution in [-0.2, 0) is 0 Å². The SMILES string of the molecule is O=C1c2ccccc2C2C=CC=CN1C2. The standard InChI is InChI=1S/C13H11NO/c15-13-12-7-2-1-6-11(12)10-5-3-4-8-14(13)9-10/h1-8,10H,9H2. The summed E-state index contributed by atoms with van der Waals surface area (Å²) >= 11 is 0. The molecule has 3 rings (SSSR count). The Balaban J connectivity index is 2.21. The molecule has 0 saturated carbocycles. The van der Waals surface area contributed by atoms with Crippen LogP contribution in [0.3, 0.4) is 0 Å². The first-order chi connectivity index (χ1) is 7.36. The van der Waals surface area contributed by atoms with E-state index in [1.165, 1.54) is 0 Å². The molecule has 0 radical (unpaired) electrons. The van der Waals surface area contributed by atoms with Crippen molar-refractivity contribution in [1.82, 2.24) is 4.90 Å². The van der Waals surface area contributed by atoms with E-state index >= 15 is 0 Å². The van der Waals surface area contributed by atoms with Gasteiger partial charge in [-0.15, -0.1) is 0 Å². The lowest BCUT2D eigenvalue weighted by molar-refractivity contribution is 0.0803. The lowest BCUT2D eigenvalue weighted by atomic mass is 9.89. The molecule has 2 bridgehead atoms. The van der Waals surface area contributed by atoms with Crippen LogP contribution in [0.2, 0.25) is 0 Å². The molecule has 1 aromatic rings. The van der Waals surface area contributed by atoms with Crippen molar-refractivity contribution < 1.29 is 4.79 Å². The molecule has 0 N–H and O–H groups in total. The van der Waals surface area contributed by atoms with Crippen molar-refractivity contribution in [3.05, 3.63) is 59.8 Å². The van der Waals surface area contributed by atoms with E-state index in [0.29, 0.717) is 5.92 Å². The van der Waals surface area contributed by atoms with Gasteiger partial charge in [-0.25, -0.2) is 0 Å². The van der Waals surface area contributed by atoms with Crippen LogP contribution in [0.5, 0.6) is 0 Å². The predicted molar refractivity (Wildman–Crippen MR) is 58.5 cm³/mol. The van der Waals surface area contributed by atoms with Gasteiger partial charge in [-0.05, 0) is 17.7 Å². The molecule has 2 heteroatoms. The molecule has 0 aliphatic carbocycles. The maximum Gasteiger partial charge on any atom is 0.258 e. The molecule has 15 heavy (non-hydrogen) atoms. The van der Waals surface area contributed by atoms with Crippen LogP contribution < -0.4 is 0 Å². The van der Waals surface area contributed by atoms with Crippen LogP contribution >= 0.6 is 0 Å². The Morgan fingerprint density at radius 2 is 2.07 bits per heavy atom. The second-order valence-corrected chi connectivity index (χ2v) is 3.88. The van der Waals surface area contributed by atoms with Gasteiger partial charge in [0.05, 0.1) is 0 Å². The molecule has 1 atom stereocenters. The molecule has 2 aliphatic heterocycles. The predicted octanol–water partition coefficient (Wildman–Crippen LogP) is 2.31. The third kappa shape index (κ3) is 1.22. The number of carbonyl (C=O) groups is 1. The number of fused-ring (bicyclic) bond motifs is 4. The zero-order chi connectivity index (χ0) is 10.3. The fourth-order valence-corrected chi connectivity index (χ4v) is 2.21. The highest BCUT2D eigenvalue weighted by Gasteiger charge is 2.28. The van der Waals surface area contributed by atoms with Crippen LogP contribution in [0, 0.1) is 0 Å². The van der Waals surface area contributed by atoms with Gasteiger partial charge in [0, 0.05) is 24.2 Å². The topological polar surface area (TPSA) is 20.3 Å². The summed E-state index contributed by atoms with van der Waals surface area (Å²) in [6.07, 6.45) is 7.94. The van der Waals surface area contributed by atoms with Crippen LogP contribution in [0.4, 0.5) is 0 Å². The molecule has 1 unspecified atom stereocenters. The summed E-state index contributed by atoms with van der Waals surface area (Å²) in [5, 5.41) is 0. The van der Waals surface area contributed by atoms with Crippen molar-refractivity contribution in [3.63, 3.8) is 0 Å². The Bertz CT molecular complexity index is 473. The minimum Gasteiger partial charge on any atom is -0.314 e. The first kappa shape index (κ1) is 8.48. The van der Waals surface area contributed by atoms with Gasteiger partial charge in [0.25, 0.3) is 5.91 Å². The largest absolute Gasteiger partial charge is 0.314 e.